The molecular weight excluding hydrogens is 776 g/mol. The summed E-state index contributed by atoms with van der Waals surface area (Å²) in [6.07, 6.45) is 6.24. The Hall–Kier alpha value is -2.65. The van der Waals surface area contributed by atoms with Crippen molar-refractivity contribution < 1.29 is 58.3 Å². The fourth-order valence-corrected chi connectivity index (χ4v) is 5.74. The molecule has 0 bridgehead atoms. The van der Waals surface area contributed by atoms with Crippen LogP contribution in [0.3, 0.4) is 0 Å². The normalized spacial score (nSPS) is 15.2. The lowest BCUT2D eigenvalue weighted by Crippen LogP contribution is -2.53. The van der Waals surface area contributed by atoms with Crippen LogP contribution in [0.1, 0.15) is 59.3 Å². The Bertz CT molecular complexity index is 1030. The van der Waals surface area contributed by atoms with Gasteiger partial charge < -0.3 is 46.3 Å². The topological polar surface area (TPSA) is 265 Å². The zero-order valence-electron chi connectivity index (χ0n) is 30.6. The number of alkyl halides is 1. The van der Waals surface area contributed by atoms with Crippen LogP contribution in [0.15, 0.2) is 0 Å². The number of ether oxygens (including phenoxy) is 3. The molecule has 0 atom stereocenters. The predicted octanol–water partition coefficient (Wildman–Crippen LogP) is 0.386. The standard InChI is InChI=1S/C18H29N3O10.C8H19N3.C6H11BrO2.ClH/c22-13-30-11-20(12-31-14-23)5-4-19(6-15(24)25)9-18(2-1-3-18)10-21(7-16(26)27)8-17(28)29;9-4-5-11-7-8(6-10)2-1-3-8;1-6(2,3)9-5(8)4-7;/h13-14H,1-12H2,(H,24,25)(H,26,27)(H,28,29);11H,1-7,9-10H2;4H2,1-3H3;1H. The monoisotopic (exact) mass is 834 g/mol. The average molecular weight is 836 g/mol. The number of aliphatic carboxylic acids is 3. The van der Waals surface area contributed by atoms with Crippen molar-refractivity contribution in [1.29, 1.82) is 0 Å². The number of rotatable bonds is 25. The highest BCUT2D eigenvalue weighted by Crippen LogP contribution is 2.42. The highest BCUT2D eigenvalue weighted by atomic mass is 79.9. The van der Waals surface area contributed by atoms with Gasteiger partial charge in [-0.25, -0.2) is 4.90 Å². The largest absolute Gasteiger partial charge is 0.480 e. The molecule has 2 rings (SSSR count). The van der Waals surface area contributed by atoms with Gasteiger partial charge in [0.1, 0.15) is 24.4 Å². The van der Waals surface area contributed by atoms with Gasteiger partial charge in [-0.05, 0) is 63.8 Å². The van der Waals surface area contributed by atoms with Crippen molar-refractivity contribution in [3.05, 3.63) is 0 Å². The smallest absolute Gasteiger partial charge is 0.317 e. The molecule has 0 aromatic rings. The van der Waals surface area contributed by atoms with E-state index < -0.39 is 36.4 Å². The SMILES string of the molecule is CC(C)(C)OC(=O)CBr.Cl.NCCNCC1(CN)CCC1.O=COCN(CCN(CC(=O)O)CC1(CN(CC(=O)O)CC(=O)O)CCC1)COC=O. The number of nitrogens with two attached hydrogens (primary N) is 2. The molecule has 20 heteroatoms. The molecule has 0 saturated heterocycles. The first-order chi connectivity index (χ1) is 24.0. The van der Waals surface area contributed by atoms with Crippen LogP contribution in [-0.4, -0.2) is 163 Å². The molecule has 0 spiro atoms. The van der Waals surface area contributed by atoms with E-state index >= 15 is 0 Å². The zero-order chi connectivity index (χ0) is 38.9. The number of nitrogens with zero attached hydrogens (tertiary/aromatic N) is 3. The van der Waals surface area contributed by atoms with E-state index in [1.165, 1.54) is 29.1 Å². The second-order valence-electron chi connectivity index (χ2n) is 13.8. The van der Waals surface area contributed by atoms with Crippen LogP contribution in [0.2, 0.25) is 0 Å². The molecule has 0 aromatic carbocycles. The Morgan fingerprint density at radius 1 is 0.788 bits per heavy atom. The van der Waals surface area contributed by atoms with Gasteiger partial charge in [-0.1, -0.05) is 28.8 Å². The van der Waals surface area contributed by atoms with E-state index in [1.807, 2.05) is 20.8 Å². The predicted molar refractivity (Wildman–Crippen MR) is 197 cm³/mol. The highest BCUT2D eigenvalue weighted by Gasteiger charge is 2.41. The van der Waals surface area contributed by atoms with E-state index in [0.717, 1.165) is 32.6 Å². The molecule has 18 nitrogen and oxygen atoms in total. The fraction of sp³-hybridized carbons (Fsp3) is 0.812. The number of carbonyl (C=O) groups excluding carboxylic acids is 3. The maximum absolute atomic E-state index is 11.3. The van der Waals surface area contributed by atoms with Crippen LogP contribution in [0, 0.1) is 10.8 Å². The Balaban J connectivity index is 0. The molecule has 0 radical (unpaired) electrons. The maximum atomic E-state index is 11.3. The Morgan fingerprint density at radius 3 is 1.56 bits per heavy atom. The summed E-state index contributed by atoms with van der Waals surface area (Å²) in [5.41, 5.74) is 10.7. The number of halogens is 2. The lowest BCUT2D eigenvalue weighted by atomic mass is 9.68. The third kappa shape index (κ3) is 24.6. The van der Waals surface area contributed by atoms with Gasteiger partial charge in [-0.3, -0.25) is 38.6 Å². The van der Waals surface area contributed by atoms with Crippen molar-refractivity contribution >= 4 is 65.2 Å². The van der Waals surface area contributed by atoms with Gasteiger partial charge in [-0.15, -0.1) is 12.4 Å². The Labute approximate surface area is 320 Å². The van der Waals surface area contributed by atoms with Gasteiger partial charge in [0.2, 0.25) is 0 Å². The highest BCUT2D eigenvalue weighted by molar-refractivity contribution is 9.09. The van der Waals surface area contributed by atoms with Gasteiger partial charge in [0.15, 0.2) is 0 Å². The van der Waals surface area contributed by atoms with Gasteiger partial charge >= 0.3 is 23.9 Å². The summed E-state index contributed by atoms with van der Waals surface area (Å²) in [6, 6.07) is 0. The minimum absolute atomic E-state index is 0. The van der Waals surface area contributed by atoms with Gasteiger partial charge in [0.25, 0.3) is 12.9 Å². The summed E-state index contributed by atoms with van der Waals surface area (Å²) in [5, 5.41) is 31.0. The lowest BCUT2D eigenvalue weighted by molar-refractivity contribution is -0.151. The molecule has 2 saturated carbocycles. The molecule has 2 fully saturated rings. The molecule has 2 aliphatic carbocycles. The molecule has 304 valence electrons. The van der Waals surface area contributed by atoms with Crippen LogP contribution in [-0.2, 0) is 43.0 Å². The van der Waals surface area contributed by atoms with Gasteiger partial charge in [0.05, 0.1) is 19.6 Å². The second-order valence-corrected chi connectivity index (χ2v) is 14.4. The molecule has 52 heavy (non-hydrogen) atoms. The van der Waals surface area contributed by atoms with Crippen LogP contribution in [0.25, 0.3) is 0 Å². The molecule has 8 N–H and O–H groups in total. The van der Waals surface area contributed by atoms with E-state index in [2.05, 4.69) is 30.7 Å². The first-order valence-electron chi connectivity index (χ1n) is 16.8. The van der Waals surface area contributed by atoms with E-state index in [1.54, 1.807) is 4.90 Å². The number of hydrogen-bond donors (Lipinski definition) is 6. The van der Waals surface area contributed by atoms with Crippen molar-refractivity contribution in [2.75, 3.05) is 90.8 Å². The van der Waals surface area contributed by atoms with E-state index in [4.69, 9.17) is 26.4 Å². The number of carboxylic acid groups (broad SMARTS) is 3. The number of hydrogen-bond acceptors (Lipinski definition) is 15. The first-order valence-corrected chi connectivity index (χ1v) is 17.9. The Kier molecular flexibility index (Phi) is 27.6. The summed E-state index contributed by atoms with van der Waals surface area (Å²) >= 11 is 2.99. The maximum Gasteiger partial charge on any atom is 0.317 e. The second kappa shape index (κ2) is 27.9. The summed E-state index contributed by atoms with van der Waals surface area (Å²) in [6.45, 7) is 9.13. The average Bonchev–Trinajstić information content (AvgIpc) is 2.99. The Morgan fingerprint density at radius 2 is 1.23 bits per heavy atom. The summed E-state index contributed by atoms with van der Waals surface area (Å²) in [7, 11) is 0. The van der Waals surface area contributed by atoms with Crippen molar-refractivity contribution in [2.24, 2.45) is 22.3 Å². The van der Waals surface area contributed by atoms with Crippen LogP contribution in [0.4, 0.5) is 0 Å². The van der Waals surface area contributed by atoms with Crippen LogP contribution in [0.5, 0.6) is 0 Å². The molecular formula is C32H60BrClN6O12. The summed E-state index contributed by atoms with van der Waals surface area (Å²) < 4.78 is 14.2. The van der Waals surface area contributed by atoms with Crippen molar-refractivity contribution in [1.82, 2.24) is 20.0 Å². The van der Waals surface area contributed by atoms with Crippen molar-refractivity contribution in [3.8, 4) is 0 Å². The molecule has 2 aliphatic rings. The quantitative estimate of drug-likeness (QED) is 0.0181. The van der Waals surface area contributed by atoms with E-state index in [0.29, 0.717) is 24.8 Å². The third-order valence-corrected chi connectivity index (χ3v) is 8.65. The van der Waals surface area contributed by atoms with Crippen LogP contribution >= 0.6 is 28.3 Å². The molecule has 0 aromatic heterocycles. The molecule has 0 unspecified atom stereocenters. The van der Waals surface area contributed by atoms with Crippen molar-refractivity contribution in [2.45, 2.75) is 64.9 Å². The minimum Gasteiger partial charge on any atom is -0.480 e. The van der Waals surface area contributed by atoms with Crippen LogP contribution < -0.4 is 16.8 Å². The number of carboxylic acids is 3. The molecule has 0 heterocycles. The van der Waals surface area contributed by atoms with E-state index in [-0.39, 0.29) is 81.9 Å². The summed E-state index contributed by atoms with van der Waals surface area (Å²) in [4.78, 5) is 69.4. The number of nitrogens with one attached hydrogen (secondary N) is 1. The molecule has 0 amide bonds. The number of carbonyl (C=O) groups is 6. The van der Waals surface area contributed by atoms with Gasteiger partial charge in [0, 0.05) is 45.8 Å². The lowest BCUT2D eigenvalue weighted by Gasteiger charge is -2.47. The zero-order valence-corrected chi connectivity index (χ0v) is 33.0. The number of esters is 1. The fourth-order valence-electron chi connectivity index (χ4n) is 5.62. The minimum atomic E-state index is -1.14. The molecule has 0 aliphatic heterocycles. The summed E-state index contributed by atoms with van der Waals surface area (Å²) in [5.74, 6) is -3.55. The van der Waals surface area contributed by atoms with Gasteiger partial charge in [-0.2, -0.15) is 0 Å². The third-order valence-electron chi connectivity index (χ3n) is 8.19. The van der Waals surface area contributed by atoms with Crippen molar-refractivity contribution in [3.63, 3.8) is 0 Å². The van der Waals surface area contributed by atoms with E-state index in [9.17, 15) is 33.9 Å². The first kappa shape index (κ1) is 51.5.